The van der Waals surface area contributed by atoms with Crippen molar-refractivity contribution in [1.82, 2.24) is 14.5 Å². The van der Waals surface area contributed by atoms with Crippen LogP contribution in [0.3, 0.4) is 0 Å². The molecule has 1 aliphatic carbocycles. The highest BCUT2D eigenvalue weighted by molar-refractivity contribution is 5.67. The van der Waals surface area contributed by atoms with Crippen molar-refractivity contribution in [2.24, 2.45) is 0 Å². The Bertz CT molecular complexity index is 737. The van der Waals surface area contributed by atoms with Gasteiger partial charge in [0.05, 0.1) is 24.5 Å². The monoisotopic (exact) mass is 327 g/mol. The Morgan fingerprint density at radius 2 is 2.04 bits per heavy atom. The number of rotatable bonds is 4. The van der Waals surface area contributed by atoms with Gasteiger partial charge >= 0.3 is 6.09 Å². The Balaban J connectivity index is 1.43. The number of amides is 1. The molecule has 6 nitrogen and oxygen atoms in total. The van der Waals surface area contributed by atoms with E-state index in [-0.39, 0.29) is 19.3 Å². The lowest BCUT2D eigenvalue weighted by molar-refractivity contribution is 0.0856. The summed E-state index contributed by atoms with van der Waals surface area (Å²) in [7, 11) is 0. The quantitative estimate of drug-likeness (QED) is 0.936. The zero-order valence-corrected chi connectivity index (χ0v) is 13.5. The van der Waals surface area contributed by atoms with Crippen LogP contribution in [0.5, 0.6) is 0 Å². The highest BCUT2D eigenvalue weighted by atomic mass is 16.6. The van der Waals surface area contributed by atoms with Gasteiger partial charge in [-0.2, -0.15) is 0 Å². The maximum Gasteiger partial charge on any atom is 0.410 e. The molecule has 4 rings (SSSR count). The topological polar surface area (TPSA) is 67.6 Å². The molecule has 0 spiro atoms. The summed E-state index contributed by atoms with van der Waals surface area (Å²) in [4.78, 5) is 18.7. The van der Waals surface area contributed by atoms with Gasteiger partial charge in [-0.25, -0.2) is 9.78 Å². The number of ether oxygens (including phenoxy) is 1. The van der Waals surface area contributed by atoms with Crippen LogP contribution in [0, 0.1) is 0 Å². The maximum absolute atomic E-state index is 12.3. The standard InChI is InChI=1S/C18H21N3O3/c22-11-15-17(14-6-7-14)19-16-10-20(8-9-21(15)16)18(23)24-12-13-4-2-1-3-5-13/h1-5,14,22H,6-12H2. The van der Waals surface area contributed by atoms with Crippen molar-refractivity contribution in [1.29, 1.82) is 0 Å². The normalized spacial score (nSPS) is 16.8. The molecule has 6 heteroatoms. The molecule has 0 atom stereocenters. The lowest BCUT2D eigenvalue weighted by Crippen LogP contribution is -2.39. The van der Waals surface area contributed by atoms with E-state index in [0.717, 1.165) is 35.6 Å². The number of hydrogen-bond acceptors (Lipinski definition) is 4. The lowest BCUT2D eigenvalue weighted by Gasteiger charge is -2.27. The Kier molecular flexibility index (Phi) is 3.98. The van der Waals surface area contributed by atoms with E-state index in [2.05, 4.69) is 9.55 Å². The molecule has 1 saturated carbocycles. The number of aliphatic hydroxyl groups is 1. The first kappa shape index (κ1) is 15.2. The largest absolute Gasteiger partial charge is 0.445 e. The Morgan fingerprint density at radius 3 is 2.75 bits per heavy atom. The summed E-state index contributed by atoms with van der Waals surface area (Å²) < 4.78 is 7.47. The number of aliphatic hydroxyl groups excluding tert-OH is 1. The van der Waals surface area contributed by atoms with Crippen molar-refractivity contribution in [3.63, 3.8) is 0 Å². The van der Waals surface area contributed by atoms with Crippen LogP contribution in [0.15, 0.2) is 30.3 Å². The predicted octanol–water partition coefficient (Wildman–Crippen LogP) is 2.41. The number of nitrogens with zero attached hydrogens (tertiary/aromatic N) is 3. The van der Waals surface area contributed by atoms with Crippen molar-refractivity contribution in [2.75, 3.05) is 6.54 Å². The number of hydrogen-bond donors (Lipinski definition) is 1. The molecule has 1 aliphatic heterocycles. The molecule has 24 heavy (non-hydrogen) atoms. The third-order valence-corrected chi connectivity index (χ3v) is 4.69. The number of fused-ring (bicyclic) bond motifs is 1. The molecule has 0 bridgehead atoms. The minimum Gasteiger partial charge on any atom is -0.445 e. The van der Waals surface area contributed by atoms with Crippen molar-refractivity contribution in [3.8, 4) is 0 Å². The molecule has 0 saturated heterocycles. The average Bonchev–Trinajstić information content (AvgIpc) is 3.40. The smallest absolute Gasteiger partial charge is 0.410 e. The van der Waals surface area contributed by atoms with E-state index < -0.39 is 0 Å². The van der Waals surface area contributed by atoms with E-state index >= 15 is 0 Å². The molecule has 1 fully saturated rings. The molecule has 2 aromatic rings. The molecule has 126 valence electrons. The zero-order chi connectivity index (χ0) is 16.5. The van der Waals surface area contributed by atoms with Gasteiger partial charge < -0.3 is 14.4 Å². The molecule has 2 heterocycles. The summed E-state index contributed by atoms with van der Waals surface area (Å²) >= 11 is 0. The second-order valence-corrected chi connectivity index (χ2v) is 6.41. The fourth-order valence-electron chi connectivity index (χ4n) is 3.23. The van der Waals surface area contributed by atoms with Gasteiger partial charge in [0.1, 0.15) is 12.4 Å². The van der Waals surface area contributed by atoms with Gasteiger partial charge in [-0.15, -0.1) is 0 Å². The van der Waals surface area contributed by atoms with E-state index in [1.165, 1.54) is 0 Å². The van der Waals surface area contributed by atoms with Crippen molar-refractivity contribution >= 4 is 6.09 Å². The Morgan fingerprint density at radius 1 is 1.25 bits per heavy atom. The van der Waals surface area contributed by atoms with Crippen molar-refractivity contribution in [3.05, 3.63) is 53.1 Å². The summed E-state index contributed by atoms with van der Waals surface area (Å²) in [5, 5.41) is 9.66. The summed E-state index contributed by atoms with van der Waals surface area (Å²) in [6, 6.07) is 9.66. The first-order valence-corrected chi connectivity index (χ1v) is 8.41. The fraction of sp³-hybridized carbons (Fsp3) is 0.444. The molecule has 2 aliphatic rings. The van der Waals surface area contributed by atoms with E-state index in [0.29, 0.717) is 25.6 Å². The third-order valence-electron chi connectivity index (χ3n) is 4.69. The van der Waals surface area contributed by atoms with Gasteiger partial charge in [-0.3, -0.25) is 4.90 Å². The maximum atomic E-state index is 12.3. The highest BCUT2D eigenvalue weighted by Gasteiger charge is 2.33. The average molecular weight is 327 g/mol. The van der Waals surface area contributed by atoms with Crippen LogP contribution >= 0.6 is 0 Å². The number of benzene rings is 1. The molecular weight excluding hydrogens is 306 g/mol. The fourth-order valence-corrected chi connectivity index (χ4v) is 3.23. The van der Waals surface area contributed by atoms with Crippen molar-refractivity contribution in [2.45, 2.75) is 45.1 Å². The number of imidazole rings is 1. The summed E-state index contributed by atoms with van der Waals surface area (Å²) in [6.45, 7) is 1.96. The zero-order valence-electron chi connectivity index (χ0n) is 13.5. The van der Waals surface area contributed by atoms with Gasteiger partial charge in [-0.05, 0) is 18.4 Å². The number of aromatic nitrogens is 2. The minimum absolute atomic E-state index is 0.0112. The highest BCUT2D eigenvalue weighted by Crippen LogP contribution is 2.41. The third kappa shape index (κ3) is 2.89. The lowest BCUT2D eigenvalue weighted by atomic mass is 10.2. The van der Waals surface area contributed by atoms with Crippen LogP contribution in [0.2, 0.25) is 0 Å². The van der Waals surface area contributed by atoms with Crippen molar-refractivity contribution < 1.29 is 14.6 Å². The molecule has 0 unspecified atom stereocenters. The molecule has 1 amide bonds. The van der Waals surface area contributed by atoms with Crippen LogP contribution in [-0.4, -0.2) is 32.2 Å². The molecule has 0 radical (unpaired) electrons. The molecular formula is C18H21N3O3. The van der Waals surface area contributed by atoms with Gasteiger partial charge in [-0.1, -0.05) is 30.3 Å². The summed E-state index contributed by atoms with van der Waals surface area (Å²) in [5.41, 5.74) is 2.92. The Hall–Kier alpha value is -2.34. The summed E-state index contributed by atoms with van der Waals surface area (Å²) in [6.07, 6.45) is 1.98. The van der Waals surface area contributed by atoms with Crippen LogP contribution < -0.4 is 0 Å². The van der Waals surface area contributed by atoms with Crippen LogP contribution in [0.4, 0.5) is 4.79 Å². The van der Waals surface area contributed by atoms with Crippen LogP contribution in [0.1, 0.15) is 41.5 Å². The van der Waals surface area contributed by atoms with E-state index in [1.807, 2.05) is 30.3 Å². The van der Waals surface area contributed by atoms with Gasteiger partial charge in [0.25, 0.3) is 0 Å². The van der Waals surface area contributed by atoms with Gasteiger partial charge in [0.15, 0.2) is 0 Å². The first-order valence-electron chi connectivity index (χ1n) is 8.41. The van der Waals surface area contributed by atoms with E-state index in [4.69, 9.17) is 4.74 Å². The minimum atomic E-state index is -0.313. The molecule has 1 aromatic carbocycles. The Labute approximate surface area is 140 Å². The number of carbonyl (C=O) groups excluding carboxylic acids is 1. The summed E-state index contributed by atoms with van der Waals surface area (Å²) in [5.74, 6) is 1.34. The van der Waals surface area contributed by atoms with Gasteiger partial charge in [0, 0.05) is 19.0 Å². The molecule has 1 N–H and O–H groups in total. The van der Waals surface area contributed by atoms with Crippen LogP contribution in [-0.2, 0) is 31.0 Å². The first-order chi connectivity index (χ1) is 11.8. The van der Waals surface area contributed by atoms with E-state index in [9.17, 15) is 9.90 Å². The second-order valence-electron chi connectivity index (χ2n) is 6.41. The van der Waals surface area contributed by atoms with Crippen LogP contribution in [0.25, 0.3) is 0 Å². The number of carbonyl (C=O) groups is 1. The van der Waals surface area contributed by atoms with Gasteiger partial charge in [0.2, 0.25) is 0 Å². The van der Waals surface area contributed by atoms with E-state index in [1.54, 1.807) is 4.90 Å². The second kappa shape index (κ2) is 6.28. The molecule has 1 aromatic heterocycles. The predicted molar refractivity (Wildman–Crippen MR) is 87.2 cm³/mol. The SMILES string of the molecule is O=C(OCc1ccccc1)N1CCn2c(nc(C3CC3)c2CO)C1.